The molecule has 142 valence electrons. The number of nitrogens with zero attached hydrogens (tertiary/aromatic N) is 4. The van der Waals surface area contributed by atoms with Gasteiger partial charge >= 0.3 is 0 Å². The van der Waals surface area contributed by atoms with Crippen LogP contribution in [0.4, 0.5) is 5.95 Å². The van der Waals surface area contributed by atoms with Crippen LogP contribution in [0.3, 0.4) is 0 Å². The molecule has 8 nitrogen and oxygen atoms in total. The van der Waals surface area contributed by atoms with E-state index in [-0.39, 0.29) is 24.8 Å². The highest BCUT2D eigenvalue weighted by molar-refractivity contribution is 5.97. The molecule has 2 aromatic rings. The molecule has 8 heteroatoms. The minimum Gasteiger partial charge on any atom is -0.496 e. The highest BCUT2D eigenvalue weighted by Crippen LogP contribution is 2.16. The minimum atomic E-state index is -0.244. The third-order valence-electron chi connectivity index (χ3n) is 4.44. The van der Waals surface area contributed by atoms with Crippen molar-refractivity contribution in [3.05, 3.63) is 48.3 Å². The largest absolute Gasteiger partial charge is 0.496 e. The van der Waals surface area contributed by atoms with Crippen LogP contribution in [0.5, 0.6) is 5.75 Å². The number of carbonyl (C=O) groups excluding carboxylic acids is 2. The Morgan fingerprint density at radius 1 is 1.07 bits per heavy atom. The molecule has 1 aromatic carbocycles. The van der Waals surface area contributed by atoms with Gasteiger partial charge in [-0.3, -0.25) is 9.59 Å². The van der Waals surface area contributed by atoms with E-state index < -0.39 is 0 Å². The summed E-state index contributed by atoms with van der Waals surface area (Å²) in [6.07, 6.45) is 3.69. The molecule has 0 atom stereocenters. The standard InChI is InChI=1S/C19H23N5O3/c1-27-16-6-3-2-5-15(16)18(26)20-10-7-17(25)23-11-13-24(14-12-23)19-21-8-4-9-22-19/h2-6,8-9H,7,10-14H2,1H3,(H,20,26). The van der Waals surface area contributed by atoms with Gasteiger partial charge in [0.05, 0.1) is 12.7 Å². The Morgan fingerprint density at radius 2 is 1.78 bits per heavy atom. The molecule has 0 radical (unpaired) electrons. The zero-order valence-electron chi connectivity index (χ0n) is 15.3. The van der Waals surface area contributed by atoms with E-state index in [1.54, 1.807) is 42.7 Å². The Bertz CT molecular complexity index is 776. The van der Waals surface area contributed by atoms with E-state index in [4.69, 9.17) is 4.74 Å². The number of nitrogens with one attached hydrogen (secondary N) is 1. The Kier molecular flexibility index (Phi) is 6.19. The molecule has 0 saturated carbocycles. The molecule has 0 bridgehead atoms. The van der Waals surface area contributed by atoms with Crippen LogP contribution in [0.2, 0.25) is 0 Å². The number of aromatic nitrogens is 2. The van der Waals surface area contributed by atoms with E-state index in [0.717, 1.165) is 0 Å². The van der Waals surface area contributed by atoms with Crippen LogP contribution < -0.4 is 15.0 Å². The molecule has 2 amide bonds. The fourth-order valence-corrected chi connectivity index (χ4v) is 2.98. The van der Waals surface area contributed by atoms with E-state index in [1.807, 2.05) is 4.90 Å². The molecular weight excluding hydrogens is 346 g/mol. The predicted octanol–water partition coefficient (Wildman–Crippen LogP) is 0.954. The van der Waals surface area contributed by atoms with Crippen LogP contribution in [0.25, 0.3) is 0 Å². The molecule has 1 aliphatic heterocycles. The molecule has 1 N–H and O–H groups in total. The lowest BCUT2D eigenvalue weighted by Gasteiger charge is -2.34. The number of rotatable bonds is 6. The number of para-hydroxylation sites is 1. The maximum atomic E-state index is 12.4. The Morgan fingerprint density at radius 3 is 2.48 bits per heavy atom. The van der Waals surface area contributed by atoms with Crippen molar-refractivity contribution in [2.45, 2.75) is 6.42 Å². The minimum absolute atomic E-state index is 0.0314. The van der Waals surface area contributed by atoms with Crippen LogP contribution in [-0.4, -0.2) is 66.5 Å². The number of carbonyl (C=O) groups is 2. The van der Waals surface area contributed by atoms with Crippen LogP contribution in [0.1, 0.15) is 16.8 Å². The van der Waals surface area contributed by atoms with Crippen LogP contribution in [0.15, 0.2) is 42.7 Å². The van der Waals surface area contributed by atoms with E-state index in [9.17, 15) is 9.59 Å². The second-order valence-corrected chi connectivity index (χ2v) is 6.12. The summed E-state index contributed by atoms with van der Waals surface area (Å²) in [6.45, 7) is 2.93. The highest BCUT2D eigenvalue weighted by atomic mass is 16.5. The van der Waals surface area contributed by atoms with Gasteiger partial charge in [0.25, 0.3) is 5.91 Å². The highest BCUT2D eigenvalue weighted by Gasteiger charge is 2.22. The number of piperazine rings is 1. The van der Waals surface area contributed by atoms with Crippen LogP contribution in [-0.2, 0) is 4.79 Å². The first kappa shape index (κ1) is 18.6. The monoisotopic (exact) mass is 369 g/mol. The van der Waals surface area contributed by atoms with E-state index in [1.165, 1.54) is 7.11 Å². The average Bonchev–Trinajstić information content (AvgIpc) is 2.74. The quantitative estimate of drug-likeness (QED) is 0.816. The molecule has 1 fully saturated rings. The first-order valence-electron chi connectivity index (χ1n) is 8.90. The summed E-state index contributed by atoms with van der Waals surface area (Å²) >= 11 is 0. The van der Waals surface area contributed by atoms with Gasteiger partial charge in [-0.2, -0.15) is 0 Å². The van der Waals surface area contributed by atoms with Gasteiger partial charge in [0.15, 0.2) is 0 Å². The SMILES string of the molecule is COc1ccccc1C(=O)NCCC(=O)N1CCN(c2ncccn2)CC1. The lowest BCUT2D eigenvalue weighted by Crippen LogP contribution is -2.49. The van der Waals surface area contributed by atoms with Gasteiger partial charge in [-0.15, -0.1) is 0 Å². The number of anilines is 1. The lowest BCUT2D eigenvalue weighted by molar-refractivity contribution is -0.131. The third-order valence-corrected chi connectivity index (χ3v) is 4.44. The zero-order chi connectivity index (χ0) is 19.1. The first-order valence-corrected chi connectivity index (χ1v) is 8.90. The molecule has 0 unspecified atom stereocenters. The normalized spacial score (nSPS) is 14.0. The van der Waals surface area contributed by atoms with E-state index in [2.05, 4.69) is 20.2 Å². The smallest absolute Gasteiger partial charge is 0.255 e. The summed E-state index contributed by atoms with van der Waals surface area (Å²) in [7, 11) is 1.52. The molecule has 3 rings (SSSR count). The molecule has 0 spiro atoms. The fourth-order valence-electron chi connectivity index (χ4n) is 2.98. The first-order chi connectivity index (χ1) is 13.2. The maximum absolute atomic E-state index is 12.4. The van der Waals surface area contributed by atoms with Gasteiger partial charge in [-0.25, -0.2) is 9.97 Å². The van der Waals surface area contributed by atoms with Gasteiger partial charge < -0.3 is 19.9 Å². The van der Waals surface area contributed by atoms with Crippen molar-refractivity contribution in [3.8, 4) is 5.75 Å². The lowest BCUT2D eigenvalue weighted by atomic mass is 10.2. The summed E-state index contributed by atoms with van der Waals surface area (Å²) in [6, 6.07) is 8.79. The Balaban J connectivity index is 1.43. The average molecular weight is 369 g/mol. The third kappa shape index (κ3) is 4.72. The second kappa shape index (κ2) is 8.98. The number of hydrogen-bond donors (Lipinski definition) is 1. The van der Waals surface area contributed by atoms with Gasteiger partial charge in [0.1, 0.15) is 5.75 Å². The number of ether oxygens (including phenoxy) is 1. The molecule has 1 aliphatic rings. The van der Waals surface area contributed by atoms with Crippen molar-refractivity contribution in [1.82, 2.24) is 20.2 Å². The summed E-state index contributed by atoms with van der Waals surface area (Å²) in [5.41, 5.74) is 0.462. The molecule has 1 aromatic heterocycles. The molecule has 0 aliphatic carbocycles. The van der Waals surface area contributed by atoms with Crippen molar-refractivity contribution in [1.29, 1.82) is 0 Å². The fraction of sp³-hybridized carbons (Fsp3) is 0.368. The maximum Gasteiger partial charge on any atom is 0.255 e. The Hall–Kier alpha value is -3.16. The van der Waals surface area contributed by atoms with E-state index in [0.29, 0.717) is 43.4 Å². The van der Waals surface area contributed by atoms with Crippen molar-refractivity contribution < 1.29 is 14.3 Å². The summed E-state index contributed by atoms with van der Waals surface area (Å²) in [5.74, 6) is 0.990. The van der Waals surface area contributed by atoms with E-state index >= 15 is 0 Å². The van der Waals surface area contributed by atoms with Crippen molar-refractivity contribution >= 4 is 17.8 Å². The summed E-state index contributed by atoms with van der Waals surface area (Å²) in [5, 5.41) is 2.78. The zero-order valence-corrected chi connectivity index (χ0v) is 15.3. The number of amides is 2. The van der Waals surface area contributed by atoms with Crippen LogP contribution >= 0.6 is 0 Å². The number of methoxy groups -OCH3 is 1. The Labute approximate surface area is 158 Å². The number of hydrogen-bond acceptors (Lipinski definition) is 6. The molecule has 1 saturated heterocycles. The summed E-state index contributed by atoms with van der Waals surface area (Å²) < 4.78 is 5.18. The van der Waals surface area contributed by atoms with Gasteiger partial charge in [0.2, 0.25) is 11.9 Å². The molecular formula is C19H23N5O3. The topological polar surface area (TPSA) is 87.7 Å². The second-order valence-electron chi connectivity index (χ2n) is 6.12. The van der Waals surface area contributed by atoms with Crippen molar-refractivity contribution in [2.75, 3.05) is 44.7 Å². The summed E-state index contributed by atoms with van der Waals surface area (Å²) in [4.78, 5) is 37.0. The molecule has 27 heavy (non-hydrogen) atoms. The molecule has 2 heterocycles. The van der Waals surface area contributed by atoms with Gasteiger partial charge in [0, 0.05) is 51.5 Å². The van der Waals surface area contributed by atoms with Crippen molar-refractivity contribution in [2.24, 2.45) is 0 Å². The van der Waals surface area contributed by atoms with Crippen molar-refractivity contribution in [3.63, 3.8) is 0 Å². The van der Waals surface area contributed by atoms with Crippen LogP contribution in [0, 0.1) is 0 Å². The van der Waals surface area contributed by atoms with Gasteiger partial charge in [-0.05, 0) is 18.2 Å². The predicted molar refractivity (Wildman–Crippen MR) is 101 cm³/mol. The van der Waals surface area contributed by atoms with Gasteiger partial charge in [-0.1, -0.05) is 12.1 Å². The number of benzene rings is 1.